The van der Waals surface area contributed by atoms with E-state index in [0.29, 0.717) is 23.7 Å². The highest BCUT2D eigenvalue weighted by molar-refractivity contribution is 7.91. The summed E-state index contributed by atoms with van der Waals surface area (Å²) in [5.74, 6) is 1.50. The Morgan fingerprint density at radius 3 is 2.90 bits per heavy atom. The average Bonchev–Trinajstić information content (AvgIpc) is 3.02. The van der Waals surface area contributed by atoms with Crippen molar-refractivity contribution in [2.45, 2.75) is 12.5 Å². The number of benzene rings is 1. The summed E-state index contributed by atoms with van der Waals surface area (Å²) in [7, 11) is -3.00. The number of fused-ring (bicyclic) bond motifs is 1. The molecule has 1 N–H and O–H groups in total. The van der Waals surface area contributed by atoms with Gasteiger partial charge in [0.25, 0.3) is 5.91 Å². The topological polar surface area (TPSA) is 90.9 Å². The van der Waals surface area contributed by atoms with Gasteiger partial charge in [0.2, 0.25) is 6.79 Å². The summed E-state index contributed by atoms with van der Waals surface area (Å²) in [5, 5.41) is 2.66. The van der Waals surface area contributed by atoms with Crippen molar-refractivity contribution in [3.63, 3.8) is 0 Å². The molecule has 0 radical (unpaired) electrons. The van der Waals surface area contributed by atoms with Crippen LogP contribution >= 0.6 is 0 Å². The molecule has 2 aliphatic heterocycles. The lowest BCUT2D eigenvalue weighted by molar-refractivity contribution is -0.123. The van der Waals surface area contributed by atoms with Crippen LogP contribution in [0.1, 0.15) is 6.42 Å². The Labute approximate surface area is 122 Å². The van der Waals surface area contributed by atoms with E-state index in [2.05, 4.69) is 5.32 Å². The van der Waals surface area contributed by atoms with E-state index in [1.165, 1.54) is 0 Å². The average molecular weight is 313 g/mol. The minimum atomic E-state index is -3.00. The molecule has 21 heavy (non-hydrogen) atoms. The van der Waals surface area contributed by atoms with Gasteiger partial charge in [-0.1, -0.05) is 0 Å². The molecule has 1 amide bonds. The molecule has 2 aliphatic rings. The summed E-state index contributed by atoms with van der Waals surface area (Å²) in [6, 6.07) is 4.72. The molecule has 0 spiro atoms. The van der Waals surface area contributed by atoms with Crippen molar-refractivity contribution < 1.29 is 27.4 Å². The standard InChI is InChI=1S/C13H15NO6S/c15-13(14-9-3-4-21(16,17)7-9)6-18-10-1-2-11-12(5-10)20-8-19-11/h1-2,5,9H,3-4,6-8H2,(H,14,15). The zero-order chi connectivity index (χ0) is 14.9. The lowest BCUT2D eigenvalue weighted by Crippen LogP contribution is -2.38. The number of sulfone groups is 1. The van der Waals surface area contributed by atoms with Gasteiger partial charge in [-0.3, -0.25) is 4.79 Å². The molecule has 1 saturated heterocycles. The molecule has 1 atom stereocenters. The lowest BCUT2D eigenvalue weighted by Gasteiger charge is -2.11. The Morgan fingerprint density at radius 2 is 2.14 bits per heavy atom. The second-order valence-corrected chi connectivity index (χ2v) is 7.20. The molecule has 7 nitrogen and oxygen atoms in total. The molecule has 0 aliphatic carbocycles. The van der Waals surface area contributed by atoms with E-state index in [-0.39, 0.29) is 36.9 Å². The molecule has 8 heteroatoms. The summed E-state index contributed by atoms with van der Waals surface area (Å²) in [6.45, 7) is 0.00557. The Bertz CT molecular complexity index is 657. The van der Waals surface area contributed by atoms with Crippen LogP contribution in [0.5, 0.6) is 17.2 Å². The summed E-state index contributed by atoms with van der Waals surface area (Å²) < 4.78 is 38.3. The molecule has 0 saturated carbocycles. The lowest BCUT2D eigenvalue weighted by atomic mass is 10.2. The van der Waals surface area contributed by atoms with Gasteiger partial charge in [-0.05, 0) is 18.6 Å². The summed E-state index contributed by atoms with van der Waals surface area (Å²) >= 11 is 0. The third kappa shape index (κ3) is 3.38. The van der Waals surface area contributed by atoms with Crippen molar-refractivity contribution in [1.82, 2.24) is 5.32 Å². The van der Waals surface area contributed by atoms with Gasteiger partial charge in [-0.15, -0.1) is 0 Å². The molecule has 1 aromatic rings. The van der Waals surface area contributed by atoms with Crippen molar-refractivity contribution in [2.75, 3.05) is 24.9 Å². The predicted octanol–water partition coefficient (Wildman–Crippen LogP) is 0.0974. The third-order valence-electron chi connectivity index (χ3n) is 3.31. The molecule has 1 fully saturated rings. The van der Waals surface area contributed by atoms with Gasteiger partial charge in [0.1, 0.15) is 5.75 Å². The van der Waals surface area contributed by atoms with Gasteiger partial charge in [-0.2, -0.15) is 0 Å². The smallest absolute Gasteiger partial charge is 0.258 e. The van der Waals surface area contributed by atoms with Crippen molar-refractivity contribution in [3.8, 4) is 17.2 Å². The van der Waals surface area contributed by atoms with E-state index in [0.717, 1.165) is 0 Å². The fourth-order valence-corrected chi connectivity index (χ4v) is 3.97. The molecule has 3 rings (SSSR count). The highest BCUT2D eigenvalue weighted by atomic mass is 32.2. The van der Waals surface area contributed by atoms with Crippen molar-refractivity contribution >= 4 is 15.7 Å². The van der Waals surface area contributed by atoms with Crippen LogP contribution in [-0.4, -0.2) is 45.3 Å². The van der Waals surface area contributed by atoms with Crippen molar-refractivity contribution in [1.29, 1.82) is 0 Å². The molecular weight excluding hydrogens is 298 g/mol. The maximum absolute atomic E-state index is 11.7. The third-order valence-corrected chi connectivity index (χ3v) is 5.08. The van der Waals surface area contributed by atoms with Crippen LogP contribution in [-0.2, 0) is 14.6 Å². The minimum absolute atomic E-state index is 0.00274. The fraction of sp³-hybridized carbons (Fsp3) is 0.462. The molecule has 114 valence electrons. The number of carbonyl (C=O) groups excluding carboxylic acids is 1. The highest BCUT2D eigenvalue weighted by Crippen LogP contribution is 2.34. The first-order valence-electron chi connectivity index (χ1n) is 6.54. The van der Waals surface area contributed by atoms with Gasteiger partial charge in [0, 0.05) is 12.1 Å². The quantitative estimate of drug-likeness (QED) is 0.847. The molecule has 0 aromatic heterocycles. The van der Waals surface area contributed by atoms with Crippen molar-refractivity contribution in [3.05, 3.63) is 18.2 Å². The van der Waals surface area contributed by atoms with E-state index in [9.17, 15) is 13.2 Å². The normalized spacial score (nSPS) is 22.0. The second kappa shape index (κ2) is 5.44. The van der Waals surface area contributed by atoms with Crippen LogP contribution in [0.4, 0.5) is 0 Å². The van der Waals surface area contributed by atoms with E-state index >= 15 is 0 Å². The van der Waals surface area contributed by atoms with Crippen LogP contribution in [0.15, 0.2) is 18.2 Å². The number of rotatable bonds is 4. The van der Waals surface area contributed by atoms with Crippen LogP contribution in [0.2, 0.25) is 0 Å². The van der Waals surface area contributed by atoms with Gasteiger partial charge in [-0.25, -0.2) is 8.42 Å². The molecule has 0 bridgehead atoms. The SMILES string of the molecule is O=C(COc1ccc2c(c1)OCO2)NC1CCS(=O)(=O)C1. The molecular formula is C13H15NO6S. The number of nitrogens with one attached hydrogen (secondary N) is 1. The maximum Gasteiger partial charge on any atom is 0.258 e. The van der Waals surface area contributed by atoms with E-state index in [1.807, 2.05) is 0 Å². The van der Waals surface area contributed by atoms with Crippen LogP contribution in [0.3, 0.4) is 0 Å². The van der Waals surface area contributed by atoms with E-state index in [4.69, 9.17) is 14.2 Å². The van der Waals surface area contributed by atoms with Crippen molar-refractivity contribution in [2.24, 2.45) is 0 Å². The second-order valence-electron chi connectivity index (χ2n) is 4.97. The number of carbonyl (C=O) groups is 1. The van der Waals surface area contributed by atoms with Gasteiger partial charge < -0.3 is 19.5 Å². The highest BCUT2D eigenvalue weighted by Gasteiger charge is 2.28. The summed E-state index contributed by atoms with van der Waals surface area (Å²) in [5.41, 5.74) is 0. The number of amides is 1. The Kier molecular flexibility index (Phi) is 3.62. The summed E-state index contributed by atoms with van der Waals surface area (Å²) in [4.78, 5) is 11.7. The van der Waals surface area contributed by atoms with Crippen LogP contribution in [0.25, 0.3) is 0 Å². The largest absolute Gasteiger partial charge is 0.484 e. The molecule has 1 unspecified atom stereocenters. The van der Waals surface area contributed by atoms with Crippen LogP contribution < -0.4 is 19.5 Å². The Balaban J connectivity index is 1.50. The monoisotopic (exact) mass is 313 g/mol. The predicted molar refractivity (Wildman–Crippen MR) is 73.3 cm³/mol. The number of hydrogen-bond donors (Lipinski definition) is 1. The Hall–Kier alpha value is -1.96. The Morgan fingerprint density at radius 1 is 1.33 bits per heavy atom. The summed E-state index contributed by atoms with van der Waals surface area (Å²) in [6.07, 6.45) is 0.456. The van der Waals surface area contributed by atoms with E-state index in [1.54, 1.807) is 18.2 Å². The maximum atomic E-state index is 11.7. The fourth-order valence-electron chi connectivity index (χ4n) is 2.29. The van der Waals surface area contributed by atoms with Crippen LogP contribution in [0, 0.1) is 0 Å². The first-order chi connectivity index (χ1) is 10.0. The first kappa shape index (κ1) is 14.0. The van der Waals surface area contributed by atoms with E-state index < -0.39 is 9.84 Å². The number of ether oxygens (including phenoxy) is 3. The molecule has 2 heterocycles. The molecule has 1 aromatic carbocycles. The number of hydrogen-bond acceptors (Lipinski definition) is 6. The van der Waals surface area contributed by atoms with Gasteiger partial charge in [0.05, 0.1) is 11.5 Å². The van der Waals surface area contributed by atoms with Gasteiger partial charge >= 0.3 is 0 Å². The zero-order valence-electron chi connectivity index (χ0n) is 11.2. The van der Waals surface area contributed by atoms with Gasteiger partial charge in [0.15, 0.2) is 27.9 Å². The first-order valence-corrected chi connectivity index (χ1v) is 8.36. The zero-order valence-corrected chi connectivity index (χ0v) is 12.0. The minimum Gasteiger partial charge on any atom is -0.484 e.